The molecule has 0 radical (unpaired) electrons. The second-order valence-corrected chi connectivity index (χ2v) is 9.36. The van der Waals surface area contributed by atoms with Gasteiger partial charge in [0.15, 0.2) is 0 Å². The molecular formula is C19H29NO3S. The van der Waals surface area contributed by atoms with Crippen molar-refractivity contribution < 1.29 is 13.2 Å². The zero-order valence-corrected chi connectivity index (χ0v) is 15.2. The monoisotopic (exact) mass is 351 g/mol. The molecule has 1 saturated heterocycles. The van der Waals surface area contributed by atoms with Gasteiger partial charge in [0.25, 0.3) is 0 Å². The average molecular weight is 352 g/mol. The largest absolute Gasteiger partial charge is 0.376 e. The van der Waals surface area contributed by atoms with Crippen LogP contribution in [0, 0.1) is 5.92 Å². The van der Waals surface area contributed by atoms with E-state index >= 15 is 0 Å². The first-order valence-electron chi connectivity index (χ1n) is 9.27. The Morgan fingerprint density at radius 3 is 2.29 bits per heavy atom. The fourth-order valence-electron chi connectivity index (χ4n) is 3.82. The third kappa shape index (κ3) is 4.58. The van der Waals surface area contributed by atoms with Gasteiger partial charge in [-0.3, -0.25) is 0 Å². The summed E-state index contributed by atoms with van der Waals surface area (Å²) >= 11 is 0. The highest BCUT2D eigenvalue weighted by Gasteiger charge is 2.35. The van der Waals surface area contributed by atoms with Gasteiger partial charge in [0.05, 0.1) is 11.9 Å². The van der Waals surface area contributed by atoms with E-state index < -0.39 is 10.0 Å². The second kappa shape index (κ2) is 8.45. The number of nitrogens with zero attached hydrogens (tertiary/aromatic N) is 1. The predicted molar refractivity (Wildman–Crippen MR) is 96.2 cm³/mol. The van der Waals surface area contributed by atoms with Gasteiger partial charge >= 0.3 is 0 Å². The van der Waals surface area contributed by atoms with Crippen molar-refractivity contribution in [3.63, 3.8) is 0 Å². The van der Waals surface area contributed by atoms with Crippen LogP contribution in [0.4, 0.5) is 0 Å². The normalized spacial score (nSPS) is 21.8. The fraction of sp³-hybridized carbons (Fsp3) is 0.684. The van der Waals surface area contributed by atoms with Gasteiger partial charge < -0.3 is 4.74 Å². The minimum absolute atomic E-state index is 0.128. The number of rotatable bonds is 6. The number of piperidine rings is 1. The van der Waals surface area contributed by atoms with Crippen molar-refractivity contribution in [1.82, 2.24) is 4.31 Å². The van der Waals surface area contributed by atoms with E-state index in [1.54, 1.807) is 4.31 Å². The van der Waals surface area contributed by atoms with Crippen molar-refractivity contribution in [2.75, 3.05) is 19.7 Å². The van der Waals surface area contributed by atoms with Crippen LogP contribution in [0.3, 0.4) is 0 Å². The Balaban J connectivity index is 1.42. The van der Waals surface area contributed by atoms with E-state index in [2.05, 4.69) is 12.1 Å². The zero-order valence-electron chi connectivity index (χ0n) is 14.4. The Morgan fingerprint density at radius 2 is 1.62 bits per heavy atom. The standard InChI is InChI=1S/C19H29NO3S/c21-24(22,19-9-5-2-6-10-19)20-13-11-18(12-14-20)16-23-15-17-7-3-1-4-8-17/h1,3-4,7-8,18-19H,2,5-6,9-16H2. The van der Waals surface area contributed by atoms with Crippen LogP contribution in [-0.2, 0) is 21.4 Å². The smallest absolute Gasteiger partial charge is 0.216 e. The molecule has 0 unspecified atom stereocenters. The van der Waals surface area contributed by atoms with Crippen molar-refractivity contribution in [3.8, 4) is 0 Å². The van der Waals surface area contributed by atoms with Gasteiger partial charge in [-0.05, 0) is 37.2 Å². The lowest BCUT2D eigenvalue weighted by Gasteiger charge is -2.34. The summed E-state index contributed by atoms with van der Waals surface area (Å²) in [6.45, 7) is 2.70. The van der Waals surface area contributed by atoms with Gasteiger partial charge in [-0.15, -0.1) is 0 Å². The second-order valence-electron chi connectivity index (χ2n) is 7.15. The maximum Gasteiger partial charge on any atom is 0.216 e. The fourth-order valence-corrected chi connectivity index (χ4v) is 5.89. The Kier molecular flexibility index (Phi) is 6.31. The van der Waals surface area contributed by atoms with Crippen LogP contribution in [0.2, 0.25) is 0 Å². The zero-order chi connectivity index (χ0) is 16.8. The van der Waals surface area contributed by atoms with E-state index in [0.29, 0.717) is 25.6 Å². The predicted octanol–water partition coefficient (Wildman–Crippen LogP) is 3.58. The molecule has 1 aliphatic carbocycles. The van der Waals surface area contributed by atoms with Crippen LogP contribution in [0.5, 0.6) is 0 Å². The molecular weight excluding hydrogens is 322 g/mol. The van der Waals surface area contributed by atoms with Crippen molar-refractivity contribution in [2.24, 2.45) is 5.92 Å². The highest BCUT2D eigenvalue weighted by molar-refractivity contribution is 7.89. The van der Waals surface area contributed by atoms with Gasteiger partial charge in [-0.2, -0.15) is 0 Å². The average Bonchev–Trinajstić information content (AvgIpc) is 2.64. The van der Waals surface area contributed by atoms with E-state index in [-0.39, 0.29) is 5.25 Å². The summed E-state index contributed by atoms with van der Waals surface area (Å²) in [7, 11) is -3.08. The van der Waals surface area contributed by atoms with Crippen LogP contribution in [0.1, 0.15) is 50.5 Å². The van der Waals surface area contributed by atoms with E-state index in [9.17, 15) is 8.42 Å². The number of hydrogen-bond donors (Lipinski definition) is 0. The van der Waals surface area contributed by atoms with Crippen molar-refractivity contribution in [1.29, 1.82) is 0 Å². The Hall–Kier alpha value is -0.910. The molecule has 1 aromatic carbocycles. The maximum absolute atomic E-state index is 12.7. The highest BCUT2D eigenvalue weighted by atomic mass is 32.2. The van der Waals surface area contributed by atoms with Crippen LogP contribution < -0.4 is 0 Å². The summed E-state index contributed by atoms with van der Waals surface area (Å²) in [5.74, 6) is 0.478. The Labute approximate surface area is 146 Å². The molecule has 1 aliphatic heterocycles. The van der Waals surface area contributed by atoms with Crippen molar-refractivity contribution in [3.05, 3.63) is 35.9 Å². The summed E-state index contributed by atoms with van der Waals surface area (Å²) in [6, 6.07) is 10.2. The Bertz CT molecular complexity index is 588. The lowest BCUT2D eigenvalue weighted by molar-refractivity contribution is 0.0686. The molecule has 1 saturated carbocycles. The molecule has 4 nitrogen and oxygen atoms in total. The maximum atomic E-state index is 12.7. The van der Waals surface area contributed by atoms with Crippen molar-refractivity contribution in [2.45, 2.75) is 56.8 Å². The van der Waals surface area contributed by atoms with Crippen LogP contribution in [0.25, 0.3) is 0 Å². The van der Waals surface area contributed by atoms with Gasteiger partial charge in [-0.25, -0.2) is 12.7 Å². The first-order chi connectivity index (χ1) is 11.7. The van der Waals surface area contributed by atoms with Gasteiger partial charge in [0.1, 0.15) is 0 Å². The first kappa shape index (κ1) is 17.9. The van der Waals surface area contributed by atoms with Gasteiger partial charge in [0, 0.05) is 19.7 Å². The van der Waals surface area contributed by atoms with E-state index in [1.165, 1.54) is 12.0 Å². The molecule has 1 aromatic rings. The summed E-state index contributed by atoms with van der Waals surface area (Å²) in [5.41, 5.74) is 1.19. The third-order valence-electron chi connectivity index (χ3n) is 5.37. The Morgan fingerprint density at radius 1 is 0.958 bits per heavy atom. The molecule has 1 heterocycles. The topological polar surface area (TPSA) is 46.6 Å². The molecule has 2 fully saturated rings. The molecule has 2 aliphatic rings. The first-order valence-corrected chi connectivity index (χ1v) is 10.8. The molecule has 0 aromatic heterocycles. The number of benzene rings is 1. The molecule has 0 bridgehead atoms. The third-order valence-corrected chi connectivity index (χ3v) is 7.77. The molecule has 0 amide bonds. The van der Waals surface area contributed by atoms with Crippen molar-refractivity contribution >= 4 is 10.0 Å². The molecule has 134 valence electrons. The lowest BCUT2D eigenvalue weighted by atomic mass is 9.99. The molecule has 0 N–H and O–H groups in total. The van der Waals surface area contributed by atoms with E-state index in [1.807, 2.05) is 18.2 Å². The number of ether oxygens (including phenoxy) is 1. The quantitative estimate of drug-likeness (QED) is 0.787. The lowest BCUT2D eigenvalue weighted by Crippen LogP contribution is -2.44. The van der Waals surface area contributed by atoms with Crippen LogP contribution in [-0.4, -0.2) is 37.7 Å². The van der Waals surface area contributed by atoms with Crippen LogP contribution in [0.15, 0.2) is 30.3 Å². The number of hydrogen-bond acceptors (Lipinski definition) is 3. The van der Waals surface area contributed by atoms with E-state index in [4.69, 9.17) is 4.74 Å². The minimum Gasteiger partial charge on any atom is -0.376 e. The van der Waals surface area contributed by atoms with Gasteiger partial charge in [0.2, 0.25) is 10.0 Å². The molecule has 24 heavy (non-hydrogen) atoms. The highest BCUT2D eigenvalue weighted by Crippen LogP contribution is 2.29. The minimum atomic E-state index is -3.08. The summed E-state index contributed by atoms with van der Waals surface area (Å²) < 4.78 is 33.1. The summed E-state index contributed by atoms with van der Waals surface area (Å²) in [6.07, 6.45) is 6.85. The number of sulfonamides is 1. The summed E-state index contributed by atoms with van der Waals surface area (Å²) in [5, 5.41) is -0.128. The molecule has 0 atom stereocenters. The molecule has 5 heteroatoms. The SMILES string of the molecule is O=S(=O)(C1CCCCC1)N1CCC(COCc2ccccc2)CC1. The molecule has 0 spiro atoms. The molecule has 3 rings (SSSR count). The van der Waals surface area contributed by atoms with E-state index in [0.717, 1.165) is 45.1 Å². The van der Waals surface area contributed by atoms with Crippen LogP contribution >= 0.6 is 0 Å². The summed E-state index contributed by atoms with van der Waals surface area (Å²) in [4.78, 5) is 0. The van der Waals surface area contributed by atoms with Gasteiger partial charge in [-0.1, -0.05) is 49.6 Å².